The minimum Gasteiger partial charge on any atom is -0.201 e. The van der Waals surface area contributed by atoms with E-state index in [0.717, 1.165) is 0 Å². The normalized spacial score (nSPS) is 14.8. The van der Waals surface area contributed by atoms with E-state index in [2.05, 4.69) is 105 Å². The molecule has 168 valence electrons. The molecule has 1 heterocycles. The maximum atomic E-state index is 2.45. The van der Waals surface area contributed by atoms with Crippen LogP contribution in [0.1, 0.15) is 74.5 Å². The first kappa shape index (κ1) is 21.9. The van der Waals surface area contributed by atoms with Crippen LogP contribution in [0.15, 0.2) is 72.9 Å². The molecule has 1 saturated carbocycles. The van der Waals surface area contributed by atoms with Crippen molar-refractivity contribution in [2.45, 2.75) is 64.7 Å². The number of nitrogens with zero attached hydrogens (tertiary/aromatic N) is 1. The van der Waals surface area contributed by atoms with E-state index in [4.69, 9.17) is 0 Å². The summed E-state index contributed by atoms with van der Waals surface area (Å²) in [5.41, 5.74) is 9.62. The third kappa shape index (κ3) is 4.34. The number of aromatic nitrogens is 1. The lowest BCUT2D eigenvalue weighted by Gasteiger charge is -2.24. The van der Waals surface area contributed by atoms with Crippen LogP contribution in [0.4, 0.5) is 0 Å². The molecule has 33 heavy (non-hydrogen) atoms. The van der Waals surface area contributed by atoms with Gasteiger partial charge in [0.25, 0.3) is 0 Å². The summed E-state index contributed by atoms with van der Waals surface area (Å²) >= 11 is 0. The molecule has 1 aliphatic rings. The second kappa shape index (κ2) is 9.14. The minimum absolute atomic E-state index is 0.553. The van der Waals surface area contributed by atoms with Gasteiger partial charge in [0.15, 0.2) is 6.20 Å². The third-order valence-corrected chi connectivity index (χ3v) is 7.61. The fourth-order valence-electron chi connectivity index (χ4n) is 5.58. The summed E-state index contributed by atoms with van der Waals surface area (Å²) in [6.45, 7) is 6.75. The Morgan fingerprint density at radius 1 is 0.788 bits per heavy atom. The van der Waals surface area contributed by atoms with Crippen molar-refractivity contribution in [3.8, 4) is 22.4 Å². The smallest absolute Gasteiger partial charge is 0.201 e. The average molecular weight is 435 g/mol. The maximum Gasteiger partial charge on any atom is 0.213 e. The average Bonchev–Trinajstić information content (AvgIpc) is 2.84. The van der Waals surface area contributed by atoms with Gasteiger partial charge in [0, 0.05) is 17.2 Å². The Bertz CT molecular complexity index is 1290. The van der Waals surface area contributed by atoms with Crippen molar-refractivity contribution < 1.29 is 4.57 Å². The van der Waals surface area contributed by atoms with E-state index in [1.807, 2.05) is 0 Å². The molecule has 5 rings (SSSR count). The molecule has 1 aliphatic carbocycles. The van der Waals surface area contributed by atoms with Crippen molar-refractivity contribution in [3.63, 3.8) is 0 Å². The van der Waals surface area contributed by atoms with Gasteiger partial charge in [0.1, 0.15) is 7.05 Å². The zero-order valence-electron chi connectivity index (χ0n) is 20.6. The molecule has 0 aliphatic heterocycles. The third-order valence-electron chi connectivity index (χ3n) is 7.61. The lowest BCUT2D eigenvalue weighted by molar-refractivity contribution is -0.660. The SMILES string of the molecule is Cc1ccccc1-c1cc(-c2ccc3cc(C(C)C)ccc3c2)c(C2CCCCC2)c[n+]1C. The van der Waals surface area contributed by atoms with Crippen LogP contribution in [0.5, 0.6) is 0 Å². The van der Waals surface area contributed by atoms with Gasteiger partial charge in [-0.05, 0) is 76.8 Å². The number of hydrogen-bond donors (Lipinski definition) is 0. The molecule has 1 fully saturated rings. The highest BCUT2D eigenvalue weighted by molar-refractivity contribution is 5.89. The molecule has 0 saturated heterocycles. The van der Waals surface area contributed by atoms with Gasteiger partial charge in [-0.1, -0.05) is 81.6 Å². The molecule has 0 bridgehead atoms. The number of pyridine rings is 1. The topological polar surface area (TPSA) is 3.88 Å². The summed E-state index contributed by atoms with van der Waals surface area (Å²) in [7, 11) is 2.21. The minimum atomic E-state index is 0.553. The monoisotopic (exact) mass is 434 g/mol. The molecule has 0 unspecified atom stereocenters. The fraction of sp³-hybridized carbons (Fsp3) is 0.344. The highest BCUT2D eigenvalue weighted by Crippen LogP contribution is 2.39. The van der Waals surface area contributed by atoms with Crippen LogP contribution in [0.2, 0.25) is 0 Å². The van der Waals surface area contributed by atoms with Gasteiger partial charge in [-0.15, -0.1) is 0 Å². The highest BCUT2D eigenvalue weighted by atomic mass is 14.9. The predicted molar refractivity (Wildman–Crippen MR) is 141 cm³/mol. The Hall–Kier alpha value is -2.93. The van der Waals surface area contributed by atoms with Crippen LogP contribution >= 0.6 is 0 Å². The van der Waals surface area contributed by atoms with Gasteiger partial charge in [0.2, 0.25) is 5.69 Å². The Morgan fingerprint density at radius 3 is 2.27 bits per heavy atom. The molecule has 1 aromatic heterocycles. The van der Waals surface area contributed by atoms with Gasteiger partial charge in [0.05, 0.1) is 0 Å². The van der Waals surface area contributed by atoms with Crippen molar-refractivity contribution >= 4 is 10.8 Å². The first-order valence-corrected chi connectivity index (χ1v) is 12.6. The van der Waals surface area contributed by atoms with Crippen molar-refractivity contribution in [1.82, 2.24) is 0 Å². The van der Waals surface area contributed by atoms with Gasteiger partial charge in [-0.2, -0.15) is 0 Å². The van der Waals surface area contributed by atoms with E-state index in [1.165, 1.54) is 82.0 Å². The quantitative estimate of drug-likeness (QED) is 0.284. The molecule has 0 N–H and O–H groups in total. The molecule has 1 heteroatoms. The summed E-state index contributed by atoms with van der Waals surface area (Å²) in [6, 6.07) is 25.2. The Balaban J connectivity index is 1.69. The standard InChI is InChI=1S/C32H36N/c1-22(2)25-14-15-27-19-28(17-16-26(27)18-25)30-20-32(29-13-9-8-10-23(29)3)33(4)21-31(30)24-11-6-5-7-12-24/h8-10,13-22,24H,5-7,11-12H2,1-4H3/q+1. The van der Waals surface area contributed by atoms with Gasteiger partial charge >= 0.3 is 0 Å². The molecule has 0 amide bonds. The summed E-state index contributed by atoms with van der Waals surface area (Å²) in [5.74, 6) is 1.21. The van der Waals surface area contributed by atoms with Crippen LogP contribution < -0.4 is 4.57 Å². The number of fused-ring (bicyclic) bond motifs is 1. The lowest BCUT2D eigenvalue weighted by Crippen LogP contribution is -2.32. The van der Waals surface area contributed by atoms with E-state index in [-0.39, 0.29) is 0 Å². The summed E-state index contributed by atoms with van der Waals surface area (Å²) in [6.07, 6.45) is 9.13. The summed E-state index contributed by atoms with van der Waals surface area (Å²) < 4.78 is 2.35. The van der Waals surface area contributed by atoms with E-state index in [9.17, 15) is 0 Å². The van der Waals surface area contributed by atoms with Crippen LogP contribution in [0, 0.1) is 6.92 Å². The van der Waals surface area contributed by atoms with E-state index >= 15 is 0 Å². The predicted octanol–water partition coefficient (Wildman–Crippen LogP) is 8.48. The number of benzene rings is 3. The molecule has 4 aromatic rings. The second-order valence-electron chi connectivity index (χ2n) is 10.3. The van der Waals surface area contributed by atoms with E-state index in [1.54, 1.807) is 0 Å². The first-order chi connectivity index (χ1) is 16.0. The van der Waals surface area contributed by atoms with Gasteiger partial charge < -0.3 is 0 Å². The maximum absolute atomic E-state index is 2.45. The largest absolute Gasteiger partial charge is 0.213 e. The number of aryl methyl sites for hydroxylation is 2. The van der Waals surface area contributed by atoms with E-state index in [0.29, 0.717) is 11.8 Å². The first-order valence-electron chi connectivity index (χ1n) is 12.6. The fourth-order valence-corrected chi connectivity index (χ4v) is 5.58. The van der Waals surface area contributed by atoms with Crippen LogP contribution in [0.3, 0.4) is 0 Å². The Morgan fingerprint density at radius 2 is 1.52 bits per heavy atom. The number of hydrogen-bond acceptors (Lipinski definition) is 0. The molecule has 0 atom stereocenters. The van der Waals surface area contributed by atoms with Crippen LogP contribution in [-0.4, -0.2) is 0 Å². The van der Waals surface area contributed by atoms with Crippen molar-refractivity contribution in [2.24, 2.45) is 7.05 Å². The van der Waals surface area contributed by atoms with E-state index < -0.39 is 0 Å². The molecule has 3 aromatic carbocycles. The van der Waals surface area contributed by atoms with Gasteiger partial charge in [-0.25, -0.2) is 4.57 Å². The number of rotatable bonds is 4. The molecule has 1 nitrogen and oxygen atoms in total. The zero-order chi connectivity index (χ0) is 22.9. The Labute approximate surface area is 199 Å². The highest BCUT2D eigenvalue weighted by Gasteiger charge is 2.25. The van der Waals surface area contributed by atoms with Crippen molar-refractivity contribution in [3.05, 3.63) is 89.6 Å². The van der Waals surface area contributed by atoms with Crippen LogP contribution in [-0.2, 0) is 7.05 Å². The van der Waals surface area contributed by atoms with Gasteiger partial charge in [-0.3, -0.25) is 0 Å². The molecule has 0 spiro atoms. The summed E-state index contributed by atoms with van der Waals surface area (Å²) in [5, 5.41) is 2.67. The molecular weight excluding hydrogens is 398 g/mol. The summed E-state index contributed by atoms with van der Waals surface area (Å²) in [4.78, 5) is 0. The van der Waals surface area contributed by atoms with Crippen LogP contribution in [0.25, 0.3) is 33.2 Å². The zero-order valence-corrected chi connectivity index (χ0v) is 20.6. The molecular formula is C32H36N+. The molecule has 0 radical (unpaired) electrons. The van der Waals surface area contributed by atoms with Crippen molar-refractivity contribution in [1.29, 1.82) is 0 Å². The lowest BCUT2D eigenvalue weighted by atomic mass is 9.81. The second-order valence-corrected chi connectivity index (χ2v) is 10.3. The Kier molecular flexibility index (Phi) is 6.06. The van der Waals surface area contributed by atoms with Crippen molar-refractivity contribution in [2.75, 3.05) is 0 Å².